The van der Waals surface area contributed by atoms with E-state index in [1.807, 2.05) is 13.8 Å². The van der Waals surface area contributed by atoms with Gasteiger partial charge in [0.1, 0.15) is 29.1 Å². The highest BCUT2D eigenvalue weighted by Gasteiger charge is 2.50. The molecule has 0 saturated carbocycles. The predicted molar refractivity (Wildman–Crippen MR) is 144 cm³/mol. The SMILES string of the molecule is C=CC[C@H](NC(=O)OC(C)(C)C)[C@@H]1OC(C)(C)O[C@@H]1C(=O)N[C@@H](CC(C)C)[C@@H]1Cc2cccc(O)c2C(=O)O1. The number of amides is 2. The Kier molecular flexibility index (Phi) is 9.33. The van der Waals surface area contributed by atoms with Gasteiger partial charge < -0.3 is 34.7 Å². The van der Waals surface area contributed by atoms with E-state index in [9.17, 15) is 19.5 Å². The molecule has 216 valence electrons. The fourth-order valence-electron chi connectivity index (χ4n) is 4.95. The summed E-state index contributed by atoms with van der Waals surface area (Å²) in [4.78, 5) is 39.0. The third-order valence-electron chi connectivity index (χ3n) is 6.42. The number of phenolic OH excluding ortho intramolecular Hbond substituents is 1. The number of esters is 1. The van der Waals surface area contributed by atoms with Crippen molar-refractivity contribution in [3.05, 3.63) is 42.0 Å². The number of benzene rings is 1. The normalized spacial score (nSPS) is 23.8. The number of aromatic hydroxyl groups is 1. The lowest BCUT2D eigenvalue weighted by Crippen LogP contribution is -2.56. The molecular weight excluding hydrogens is 504 g/mol. The van der Waals surface area contributed by atoms with E-state index < -0.39 is 59.8 Å². The van der Waals surface area contributed by atoms with Gasteiger partial charge in [0, 0.05) is 6.42 Å². The van der Waals surface area contributed by atoms with Gasteiger partial charge in [-0.15, -0.1) is 6.58 Å². The summed E-state index contributed by atoms with van der Waals surface area (Å²) in [6, 6.07) is 3.71. The lowest BCUT2D eigenvalue weighted by Gasteiger charge is -2.34. The molecular formula is C29H42N2O8. The first-order valence-electron chi connectivity index (χ1n) is 13.4. The molecule has 1 saturated heterocycles. The van der Waals surface area contributed by atoms with Crippen LogP contribution >= 0.6 is 0 Å². The summed E-state index contributed by atoms with van der Waals surface area (Å²) >= 11 is 0. The van der Waals surface area contributed by atoms with E-state index >= 15 is 0 Å². The van der Waals surface area contributed by atoms with Gasteiger partial charge in [0.15, 0.2) is 11.9 Å². The van der Waals surface area contributed by atoms with Gasteiger partial charge in [-0.2, -0.15) is 0 Å². The van der Waals surface area contributed by atoms with Crippen LogP contribution in [0.3, 0.4) is 0 Å². The molecule has 1 aromatic carbocycles. The number of ether oxygens (including phenoxy) is 4. The van der Waals surface area contributed by atoms with Crippen molar-refractivity contribution < 1.29 is 38.4 Å². The van der Waals surface area contributed by atoms with Crippen molar-refractivity contribution in [1.82, 2.24) is 10.6 Å². The van der Waals surface area contributed by atoms with Crippen molar-refractivity contribution in [1.29, 1.82) is 0 Å². The van der Waals surface area contributed by atoms with Crippen LogP contribution in [0.2, 0.25) is 0 Å². The number of fused-ring (bicyclic) bond motifs is 1. The first-order chi connectivity index (χ1) is 18.1. The summed E-state index contributed by atoms with van der Waals surface area (Å²) in [5.41, 5.74) is 0.104. The van der Waals surface area contributed by atoms with E-state index in [1.165, 1.54) is 6.07 Å². The lowest BCUT2D eigenvalue weighted by atomic mass is 9.90. The second kappa shape index (κ2) is 12.0. The largest absolute Gasteiger partial charge is 0.507 e. The minimum absolute atomic E-state index is 0.132. The quantitative estimate of drug-likeness (QED) is 0.313. The van der Waals surface area contributed by atoms with E-state index in [0.29, 0.717) is 24.8 Å². The zero-order valence-electron chi connectivity index (χ0n) is 23.9. The minimum atomic E-state index is -1.09. The van der Waals surface area contributed by atoms with Crippen LogP contribution in [0.5, 0.6) is 5.75 Å². The number of carbonyl (C=O) groups is 3. The molecule has 5 atom stereocenters. The second-order valence-electron chi connectivity index (χ2n) is 12.0. The second-order valence-corrected chi connectivity index (χ2v) is 12.0. The fourth-order valence-corrected chi connectivity index (χ4v) is 4.95. The van der Waals surface area contributed by atoms with Crippen molar-refractivity contribution in [2.24, 2.45) is 5.92 Å². The zero-order valence-corrected chi connectivity index (χ0v) is 23.9. The molecule has 3 rings (SSSR count). The zero-order chi connectivity index (χ0) is 29.1. The number of hydrogen-bond donors (Lipinski definition) is 3. The average Bonchev–Trinajstić information content (AvgIpc) is 3.12. The van der Waals surface area contributed by atoms with Crippen molar-refractivity contribution in [2.75, 3.05) is 0 Å². The molecule has 0 radical (unpaired) electrons. The molecule has 1 aromatic rings. The fraction of sp³-hybridized carbons (Fsp3) is 0.621. The molecule has 0 aromatic heterocycles. The van der Waals surface area contributed by atoms with E-state index in [0.717, 1.165) is 0 Å². The highest BCUT2D eigenvalue weighted by atomic mass is 16.8. The minimum Gasteiger partial charge on any atom is -0.507 e. The number of nitrogens with one attached hydrogen (secondary N) is 2. The molecule has 0 unspecified atom stereocenters. The maximum atomic E-state index is 13.7. The van der Waals surface area contributed by atoms with Crippen molar-refractivity contribution >= 4 is 18.0 Å². The summed E-state index contributed by atoms with van der Waals surface area (Å²) < 4.78 is 23.2. The number of cyclic esters (lactones) is 1. The molecule has 10 heteroatoms. The first kappa shape index (κ1) is 30.4. The third-order valence-corrected chi connectivity index (χ3v) is 6.42. The Labute approximate surface area is 230 Å². The molecule has 0 spiro atoms. The van der Waals surface area contributed by atoms with E-state index in [-0.39, 0.29) is 17.2 Å². The molecule has 1 fully saturated rings. The molecule has 2 heterocycles. The Morgan fingerprint density at radius 3 is 2.51 bits per heavy atom. The molecule has 2 amide bonds. The summed E-state index contributed by atoms with van der Waals surface area (Å²) in [7, 11) is 0. The van der Waals surface area contributed by atoms with Gasteiger partial charge in [0.05, 0.1) is 12.1 Å². The number of phenols is 1. The average molecular weight is 547 g/mol. The van der Waals surface area contributed by atoms with Crippen molar-refractivity contribution in [3.8, 4) is 5.75 Å². The Morgan fingerprint density at radius 1 is 1.21 bits per heavy atom. The van der Waals surface area contributed by atoms with Gasteiger partial charge in [-0.3, -0.25) is 4.79 Å². The predicted octanol–water partition coefficient (Wildman–Crippen LogP) is 3.99. The first-order valence-corrected chi connectivity index (χ1v) is 13.4. The molecule has 2 aliphatic heterocycles. The highest BCUT2D eigenvalue weighted by molar-refractivity contribution is 5.95. The maximum Gasteiger partial charge on any atom is 0.407 e. The Hall–Kier alpha value is -3.11. The van der Waals surface area contributed by atoms with Crippen LogP contribution in [-0.4, -0.2) is 64.9 Å². The molecule has 39 heavy (non-hydrogen) atoms. The molecule has 2 aliphatic rings. The van der Waals surface area contributed by atoms with Crippen LogP contribution in [0, 0.1) is 5.92 Å². The van der Waals surface area contributed by atoms with Crippen molar-refractivity contribution in [2.45, 2.75) is 110 Å². The number of carbonyl (C=O) groups excluding carboxylic acids is 3. The number of rotatable bonds is 9. The van der Waals surface area contributed by atoms with Gasteiger partial charge in [0.2, 0.25) is 0 Å². The number of alkyl carbamates (subject to hydrolysis) is 1. The van der Waals surface area contributed by atoms with Crippen LogP contribution in [0.25, 0.3) is 0 Å². The summed E-state index contributed by atoms with van der Waals surface area (Å²) in [6.07, 6.45) is -0.381. The Balaban J connectivity index is 1.82. The Bertz CT molecular complexity index is 1080. The Morgan fingerprint density at radius 2 is 1.90 bits per heavy atom. The van der Waals surface area contributed by atoms with Crippen LogP contribution < -0.4 is 10.6 Å². The summed E-state index contributed by atoms with van der Waals surface area (Å²) in [5, 5.41) is 16.0. The van der Waals surface area contributed by atoms with E-state index in [2.05, 4.69) is 17.2 Å². The van der Waals surface area contributed by atoms with Crippen LogP contribution in [-0.2, 0) is 30.2 Å². The van der Waals surface area contributed by atoms with Crippen LogP contribution in [0.4, 0.5) is 4.79 Å². The standard InChI is InChI=1S/C29H42N2O8/c1-9-11-18(31-27(35)39-28(4,5)6)23-24(38-29(7,8)37-23)25(33)30-19(14-16(2)3)21-15-17-12-10-13-20(32)22(17)26(34)36-21/h9-10,12-13,16,18-19,21,23-24,32H,1,11,14-15H2,2-8H3,(H,30,33)(H,31,35)/t18-,19-,21-,23-,24-/m0/s1. The highest BCUT2D eigenvalue weighted by Crippen LogP contribution is 2.33. The van der Waals surface area contributed by atoms with E-state index in [4.69, 9.17) is 18.9 Å². The molecule has 0 aliphatic carbocycles. The van der Waals surface area contributed by atoms with Gasteiger partial charge in [-0.05, 0) is 65.0 Å². The van der Waals surface area contributed by atoms with E-state index in [1.54, 1.807) is 52.8 Å². The molecule has 10 nitrogen and oxygen atoms in total. The summed E-state index contributed by atoms with van der Waals surface area (Å²) in [5.74, 6) is -2.13. The van der Waals surface area contributed by atoms with Gasteiger partial charge >= 0.3 is 12.1 Å². The molecule has 3 N–H and O–H groups in total. The van der Waals surface area contributed by atoms with Crippen LogP contribution in [0.1, 0.15) is 77.2 Å². The topological polar surface area (TPSA) is 132 Å². The van der Waals surface area contributed by atoms with Gasteiger partial charge in [-0.1, -0.05) is 32.1 Å². The van der Waals surface area contributed by atoms with Gasteiger partial charge in [-0.25, -0.2) is 9.59 Å². The lowest BCUT2D eigenvalue weighted by molar-refractivity contribution is -0.157. The smallest absolute Gasteiger partial charge is 0.407 e. The summed E-state index contributed by atoms with van der Waals surface area (Å²) in [6.45, 7) is 16.5. The van der Waals surface area contributed by atoms with Gasteiger partial charge in [0.25, 0.3) is 5.91 Å². The monoisotopic (exact) mass is 546 g/mol. The third kappa shape index (κ3) is 7.95. The van der Waals surface area contributed by atoms with Crippen LogP contribution in [0.15, 0.2) is 30.9 Å². The molecule has 0 bridgehead atoms. The maximum absolute atomic E-state index is 13.7. The van der Waals surface area contributed by atoms with Crippen molar-refractivity contribution in [3.63, 3.8) is 0 Å². The number of hydrogen-bond acceptors (Lipinski definition) is 8.